The van der Waals surface area contributed by atoms with Gasteiger partial charge in [0.2, 0.25) is 0 Å². The Morgan fingerprint density at radius 1 is 0.882 bits per heavy atom. The van der Waals surface area contributed by atoms with E-state index in [1.165, 1.54) is 12.1 Å². The average molecular weight is 453 g/mol. The Hall–Kier alpha value is 1.63. The quantitative estimate of drug-likeness (QED) is 0.241. The fourth-order valence-electron chi connectivity index (χ4n) is 0.550. The molecule has 0 fully saturated rings. The van der Waals surface area contributed by atoms with E-state index in [0.717, 1.165) is 0 Å². The largest absolute Gasteiger partial charge is 2.00 e. The molecule has 0 spiro atoms. The number of rotatable bonds is 1. The molecular weight excluding hydrogens is 445 g/mol. The summed E-state index contributed by atoms with van der Waals surface area (Å²) < 4.78 is 0. The van der Waals surface area contributed by atoms with Crippen LogP contribution in [0.3, 0.4) is 0 Å². The summed E-state index contributed by atoms with van der Waals surface area (Å²) in [6, 6.07) is 7.93. The van der Waals surface area contributed by atoms with Crippen molar-refractivity contribution in [1.82, 2.24) is 0 Å². The molecule has 0 saturated carbocycles. The number of benzene rings is 1. The monoisotopic (exact) mass is 450 g/mol. The SMILES string of the molecule is O=[N+]([O-])c1ccccc1.[AlH3].[Cl-].[Cl-].[Cl-].[Cl-].[Cl-].[Co].[Cu+2]. The molecular formula is C6H8AlCl5CoCuNO2-3. The zero-order valence-electron chi connectivity index (χ0n) is 7.18. The molecule has 0 unspecified atom stereocenters. The summed E-state index contributed by atoms with van der Waals surface area (Å²) in [5.74, 6) is 0. The van der Waals surface area contributed by atoms with Crippen LogP contribution in [0.4, 0.5) is 5.69 Å². The maximum Gasteiger partial charge on any atom is 2.00 e. The maximum absolute atomic E-state index is 10.0. The smallest absolute Gasteiger partial charge is 1.00 e. The van der Waals surface area contributed by atoms with Gasteiger partial charge < -0.3 is 62.0 Å². The van der Waals surface area contributed by atoms with Crippen LogP contribution in [-0.2, 0) is 33.8 Å². The number of para-hydroxylation sites is 1. The standard InChI is InChI=1S/C6H5NO2.Al.5ClH.Co.Cu.3H/c8-7(9)6-4-2-1-3-5-6;;;;;;;;;;;/h1-5H;;5*1H;;;;;/q;;;;;;;;+2;;;/p-5. The van der Waals surface area contributed by atoms with Crippen LogP contribution in [0.1, 0.15) is 0 Å². The van der Waals surface area contributed by atoms with Gasteiger partial charge in [-0.1, -0.05) is 18.2 Å². The van der Waals surface area contributed by atoms with E-state index in [2.05, 4.69) is 0 Å². The van der Waals surface area contributed by atoms with Crippen molar-refractivity contribution in [2.45, 2.75) is 0 Å². The summed E-state index contributed by atoms with van der Waals surface area (Å²) in [4.78, 5) is 9.59. The molecule has 0 bridgehead atoms. The topological polar surface area (TPSA) is 43.1 Å². The Kier molecular flexibility index (Phi) is 92.1. The molecule has 0 aliphatic carbocycles. The zero-order chi connectivity index (χ0) is 6.69. The third kappa shape index (κ3) is 23.2. The van der Waals surface area contributed by atoms with Crippen molar-refractivity contribution < 1.29 is 101 Å². The molecule has 0 atom stereocenters. The van der Waals surface area contributed by atoms with E-state index < -0.39 is 4.92 Å². The van der Waals surface area contributed by atoms with Crippen LogP contribution < -0.4 is 62.0 Å². The molecule has 2 radical (unpaired) electrons. The molecule has 0 saturated heterocycles. The van der Waals surface area contributed by atoms with Crippen molar-refractivity contribution in [2.75, 3.05) is 0 Å². The van der Waals surface area contributed by atoms with Gasteiger partial charge in [-0.15, -0.1) is 0 Å². The summed E-state index contributed by atoms with van der Waals surface area (Å²) in [6.07, 6.45) is 0. The second-order valence-electron chi connectivity index (χ2n) is 1.59. The number of nitro groups is 1. The molecule has 11 heteroatoms. The Labute approximate surface area is 163 Å². The fourth-order valence-corrected chi connectivity index (χ4v) is 0.550. The molecule has 0 amide bonds. The maximum atomic E-state index is 10.0. The number of hydrogen-bond donors (Lipinski definition) is 0. The third-order valence-electron chi connectivity index (χ3n) is 0.967. The molecule has 17 heavy (non-hydrogen) atoms. The molecule has 1 aromatic rings. The van der Waals surface area contributed by atoms with Gasteiger partial charge in [-0.25, -0.2) is 0 Å². The van der Waals surface area contributed by atoms with Crippen LogP contribution in [0.5, 0.6) is 0 Å². The van der Waals surface area contributed by atoms with E-state index in [9.17, 15) is 10.1 Å². The van der Waals surface area contributed by atoms with Crippen LogP contribution in [0.15, 0.2) is 30.3 Å². The van der Waals surface area contributed by atoms with Gasteiger partial charge in [0.05, 0.1) is 4.92 Å². The molecule has 0 aliphatic heterocycles. The van der Waals surface area contributed by atoms with Crippen LogP contribution in [0.25, 0.3) is 0 Å². The number of non-ortho nitro benzene ring substituents is 1. The molecule has 0 heterocycles. The minimum atomic E-state index is -0.417. The van der Waals surface area contributed by atoms with Crippen molar-refractivity contribution in [3.63, 3.8) is 0 Å². The van der Waals surface area contributed by atoms with Gasteiger partial charge in [0.25, 0.3) is 5.69 Å². The first-order valence-corrected chi connectivity index (χ1v) is 2.50. The van der Waals surface area contributed by atoms with Crippen molar-refractivity contribution in [2.24, 2.45) is 0 Å². The molecule has 0 N–H and O–H groups in total. The second-order valence-corrected chi connectivity index (χ2v) is 1.59. The molecule has 1 rings (SSSR count). The summed E-state index contributed by atoms with van der Waals surface area (Å²) in [6.45, 7) is 0. The first kappa shape index (κ1) is 51.2. The minimum absolute atomic E-state index is 0. The van der Waals surface area contributed by atoms with Gasteiger partial charge >= 0.3 is 17.1 Å². The second kappa shape index (κ2) is 30.6. The summed E-state index contributed by atoms with van der Waals surface area (Å²) in [5, 5.41) is 10.0. The van der Waals surface area contributed by atoms with Crippen LogP contribution in [-0.4, -0.2) is 22.3 Å². The summed E-state index contributed by atoms with van der Waals surface area (Å²) in [7, 11) is 0. The van der Waals surface area contributed by atoms with Crippen molar-refractivity contribution in [1.29, 1.82) is 0 Å². The normalized spacial score (nSPS) is 4.71. The van der Waals surface area contributed by atoms with Crippen LogP contribution in [0, 0.1) is 10.1 Å². The number of nitrogens with zero attached hydrogens (tertiary/aromatic N) is 1. The molecule has 0 aliphatic rings. The van der Waals surface area contributed by atoms with Crippen molar-refractivity contribution in [3.8, 4) is 0 Å². The predicted molar refractivity (Wildman–Crippen MR) is 43.0 cm³/mol. The van der Waals surface area contributed by atoms with E-state index >= 15 is 0 Å². The zero-order valence-corrected chi connectivity index (χ0v) is 12.9. The number of nitro benzene ring substituents is 1. The summed E-state index contributed by atoms with van der Waals surface area (Å²) >= 11 is 0. The van der Waals surface area contributed by atoms with Gasteiger partial charge in [0.15, 0.2) is 17.4 Å². The van der Waals surface area contributed by atoms with Gasteiger partial charge in [0.1, 0.15) is 0 Å². The van der Waals surface area contributed by atoms with Gasteiger partial charge in [0, 0.05) is 28.9 Å². The molecule has 110 valence electrons. The number of halogens is 5. The Morgan fingerprint density at radius 2 is 1.18 bits per heavy atom. The van der Waals surface area contributed by atoms with E-state index in [0.29, 0.717) is 0 Å². The van der Waals surface area contributed by atoms with E-state index in [1.807, 2.05) is 0 Å². The van der Waals surface area contributed by atoms with Crippen molar-refractivity contribution >= 4 is 23.0 Å². The van der Waals surface area contributed by atoms with Crippen LogP contribution in [0.2, 0.25) is 0 Å². The van der Waals surface area contributed by atoms with E-state index in [4.69, 9.17) is 0 Å². The van der Waals surface area contributed by atoms with Gasteiger partial charge in [-0.2, -0.15) is 0 Å². The average Bonchev–Trinajstić information content (AvgIpc) is 1.90. The van der Waals surface area contributed by atoms with Gasteiger partial charge in [-0.3, -0.25) is 10.1 Å². The Morgan fingerprint density at radius 3 is 1.35 bits per heavy atom. The molecule has 1 aromatic carbocycles. The fraction of sp³-hybridized carbons (Fsp3) is 0. The minimum Gasteiger partial charge on any atom is -1.00 e. The first-order valence-electron chi connectivity index (χ1n) is 2.50. The Balaban J connectivity index is -0.0000000169. The van der Waals surface area contributed by atoms with Crippen LogP contribution >= 0.6 is 0 Å². The third-order valence-corrected chi connectivity index (χ3v) is 0.967. The summed E-state index contributed by atoms with van der Waals surface area (Å²) in [5.41, 5.74) is 0.137. The van der Waals surface area contributed by atoms with E-state index in [1.54, 1.807) is 18.2 Å². The first-order chi connectivity index (χ1) is 4.30. The van der Waals surface area contributed by atoms with E-state index in [-0.39, 0.29) is 119 Å². The predicted octanol–water partition coefficient (Wildman–Crippen LogP) is -14.6. The Bertz CT molecular complexity index is 237. The molecule has 0 aromatic heterocycles. The van der Waals surface area contributed by atoms with Gasteiger partial charge in [-0.05, 0) is 0 Å². The number of hydrogen-bond acceptors (Lipinski definition) is 2. The van der Waals surface area contributed by atoms with Crippen molar-refractivity contribution in [3.05, 3.63) is 40.4 Å². The molecule has 3 nitrogen and oxygen atoms in total.